The van der Waals surface area contributed by atoms with Gasteiger partial charge < -0.3 is 10.1 Å². The Balaban J connectivity index is 1.51. The van der Waals surface area contributed by atoms with Gasteiger partial charge in [-0.1, -0.05) is 42.5 Å². The number of nitro benzene ring substituents is 1. The molecule has 164 valence electrons. The number of ether oxygens (including phenoxy) is 1. The van der Waals surface area contributed by atoms with Gasteiger partial charge in [0.15, 0.2) is 0 Å². The number of carbonyl (C=O) groups is 1. The minimum atomic E-state index is -0.523. The van der Waals surface area contributed by atoms with E-state index in [1.54, 1.807) is 6.07 Å². The predicted molar refractivity (Wildman–Crippen MR) is 121 cm³/mol. The zero-order valence-corrected chi connectivity index (χ0v) is 17.9. The molecule has 8 heteroatoms. The molecule has 2 aromatic carbocycles. The van der Waals surface area contributed by atoms with Crippen LogP contribution < -0.4 is 10.1 Å². The van der Waals surface area contributed by atoms with E-state index in [1.807, 2.05) is 25.1 Å². The quantitative estimate of drug-likeness (QED) is 0.517. The Morgan fingerprint density at radius 1 is 1.19 bits per heavy atom. The summed E-state index contributed by atoms with van der Waals surface area (Å²) < 4.78 is 5.04. The van der Waals surface area contributed by atoms with E-state index in [0.29, 0.717) is 5.75 Å². The summed E-state index contributed by atoms with van der Waals surface area (Å²) in [6.07, 6.45) is 4.27. The van der Waals surface area contributed by atoms with Crippen LogP contribution in [0.15, 0.2) is 54.6 Å². The fourth-order valence-corrected chi connectivity index (χ4v) is 3.53. The summed E-state index contributed by atoms with van der Waals surface area (Å²) in [6, 6.07) is 14.2. The van der Waals surface area contributed by atoms with Crippen LogP contribution >= 0.6 is 0 Å². The smallest absolute Gasteiger partial charge is 0.296 e. The number of rotatable bonds is 8. The molecule has 1 N–H and O–H groups in total. The Hall–Kier alpha value is -3.23. The minimum absolute atomic E-state index is 0.173. The molecule has 1 atom stereocenters. The van der Waals surface area contributed by atoms with Gasteiger partial charge in [-0.25, -0.2) is 0 Å². The first-order valence-electron chi connectivity index (χ1n) is 10.3. The standard InChI is InChI=1S/C23H28N4O4/c1-18(23(28)24-21-11-10-20(31-2)17-22(21)27(29)30)26-15-13-25(14-16-26)12-6-9-19-7-4-3-5-8-19/h3-11,17-18H,12-16H2,1-2H3,(H,24,28)/b9-6+/t18-/m0/s1. The molecular formula is C23H28N4O4. The van der Waals surface area contributed by atoms with Gasteiger partial charge in [-0.05, 0) is 24.6 Å². The van der Waals surface area contributed by atoms with E-state index in [1.165, 1.54) is 24.8 Å². The molecule has 8 nitrogen and oxygen atoms in total. The van der Waals surface area contributed by atoms with Crippen molar-refractivity contribution in [1.29, 1.82) is 0 Å². The zero-order chi connectivity index (χ0) is 22.2. The minimum Gasteiger partial charge on any atom is -0.496 e. The normalized spacial score (nSPS) is 16.2. The lowest BCUT2D eigenvalue weighted by molar-refractivity contribution is -0.384. The molecule has 1 aliphatic heterocycles. The third kappa shape index (κ3) is 6.13. The van der Waals surface area contributed by atoms with Crippen molar-refractivity contribution in [1.82, 2.24) is 9.80 Å². The van der Waals surface area contributed by atoms with Crippen molar-refractivity contribution in [2.24, 2.45) is 0 Å². The highest BCUT2D eigenvalue weighted by molar-refractivity contribution is 5.96. The molecule has 1 heterocycles. The third-order valence-electron chi connectivity index (χ3n) is 5.47. The molecule has 0 radical (unpaired) electrons. The molecule has 31 heavy (non-hydrogen) atoms. The maximum atomic E-state index is 12.7. The maximum absolute atomic E-state index is 12.7. The summed E-state index contributed by atoms with van der Waals surface area (Å²) in [7, 11) is 1.44. The van der Waals surface area contributed by atoms with E-state index in [9.17, 15) is 14.9 Å². The monoisotopic (exact) mass is 424 g/mol. The van der Waals surface area contributed by atoms with E-state index in [2.05, 4.69) is 39.4 Å². The van der Waals surface area contributed by atoms with E-state index >= 15 is 0 Å². The van der Waals surface area contributed by atoms with Crippen LogP contribution in [0.3, 0.4) is 0 Å². The molecule has 1 amide bonds. The first kappa shape index (κ1) is 22.5. The van der Waals surface area contributed by atoms with Crippen molar-refractivity contribution >= 4 is 23.4 Å². The van der Waals surface area contributed by atoms with Crippen LogP contribution in [0, 0.1) is 10.1 Å². The Labute approximate surface area is 182 Å². The molecule has 0 spiro atoms. The largest absolute Gasteiger partial charge is 0.496 e. The van der Waals surface area contributed by atoms with Gasteiger partial charge in [-0.2, -0.15) is 0 Å². The van der Waals surface area contributed by atoms with Gasteiger partial charge in [0.2, 0.25) is 5.91 Å². The summed E-state index contributed by atoms with van der Waals surface area (Å²) in [5.74, 6) is 0.112. The summed E-state index contributed by atoms with van der Waals surface area (Å²) >= 11 is 0. The number of hydrogen-bond acceptors (Lipinski definition) is 6. The molecule has 1 fully saturated rings. The first-order chi connectivity index (χ1) is 15.0. The third-order valence-corrected chi connectivity index (χ3v) is 5.47. The lowest BCUT2D eigenvalue weighted by Crippen LogP contribution is -2.52. The number of hydrogen-bond donors (Lipinski definition) is 1. The second kappa shape index (κ2) is 10.7. The highest BCUT2D eigenvalue weighted by Gasteiger charge is 2.27. The number of carbonyl (C=O) groups excluding carboxylic acids is 1. The number of methoxy groups -OCH3 is 1. The van der Waals surface area contributed by atoms with Gasteiger partial charge in [-0.15, -0.1) is 0 Å². The lowest BCUT2D eigenvalue weighted by atomic mass is 10.2. The Morgan fingerprint density at radius 3 is 2.55 bits per heavy atom. The van der Waals surface area contributed by atoms with Crippen molar-refractivity contribution in [3.8, 4) is 5.75 Å². The lowest BCUT2D eigenvalue weighted by Gasteiger charge is -2.37. The number of nitrogens with zero attached hydrogens (tertiary/aromatic N) is 3. The molecule has 1 saturated heterocycles. The molecule has 3 rings (SSSR count). The van der Waals surface area contributed by atoms with Gasteiger partial charge in [0.25, 0.3) is 5.69 Å². The second-order valence-electron chi connectivity index (χ2n) is 7.46. The van der Waals surface area contributed by atoms with Gasteiger partial charge >= 0.3 is 0 Å². The van der Waals surface area contributed by atoms with Gasteiger partial charge in [-0.3, -0.25) is 24.7 Å². The van der Waals surface area contributed by atoms with Crippen molar-refractivity contribution in [2.45, 2.75) is 13.0 Å². The summed E-state index contributed by atoms with van der Waals surface area (Å²) in [5, 5.41) is 14.0. The molecular weight excluding hydrogens is 396 g/mol. The van der Waals surface area contributed by atoms with E-state index < -0.39 is 4.92 Å². The number of amides is 1. The molecule has 0 aromatic heterocycles. The fourth-order valence-electron chi connectivity index (χ4n) is 3.53. The Bertz CT molecular complexity index is 924. The summed E-state index contributed by atoms with van der Waals surface area (Å²) in [6.45, 7) is 5.94. The van der Waals surface area contributed by atoms with Crippen LogP contribution in [0.5, 0.6) is 5.75 Å². The van der Waals surface area contributed by atoms with Crippen LogP contribution in [0.2, 0.25) is 0 Å². The zero-order valence-electron chi connectivity index (χ0n) is 17.9. The highest BCUT2D eigenvalue weighted by atomic mass is 16.6. The molecule has 0 aliphatic carbocycles. The molecule has 0 unspecified atom stereocenters. The van der Waals surface area contributed by atoms with Gasteiger partial charge in [0.05, 0.1) is 24.1 Å². The Morgan fingerprint density at radius 2 is 1.90 bits per heavy atom. The molecule has 2 aromatic rings. The number of benzene rings is 2. The van der Waals surface area contributed by atoms with Crippen molar-refractivity contribution in [3.05, 3.63) is 70.3 Å². The van der Waals surface area contributed by atoms with E-state index in [-0.39, 0.29) is 23.3 Å². The first-order valence-corrected chi connectivity index (χ1v) is 10.3. The maximum Gasteiger partial charge on any atom is 0.296 e. The predicted octanol–water partition coefficient (Wildman–Crippen LogP) is 3.26. The topological polar surface area (TPSA) is 88.0 Å². The molecule has 0 bridgehead atoms. The number of nitrogens with one attached hydrogen (secondary N) is 1. The summed E-state index contributed by atoms with van der Waals surface area (Å²) in [4.78, 5) is 28.0. The van der Waals surface area contributed by atoms with E-state index in [0.717, 1.165) is 32.7 Å². The van der Waals surface area contributed by atoms with Crippen molar-refractivity contribution < 1.29 is 14.5 Å². The molecule has 0 saturated carbocycles. The number of nitro groups is 1. The SMILES string of the molecule is COc1ccc(NC(=O)[C@H](C)N2CCN(C/C=C/c3ccccc3)CC2)c([N+](=O)[O-])c1. The average molecular weight is 425 g/mol. The van der Waals surface area contributed by atoms with Crippen LogP contribution in [-0.4, -0.2) is 66.5 Å². The second-order valence-corrected chi connectivity index (χ2v) is 7.46. The van der Waals surface area contributed by atoms with Crippen molar-refractivity contribution in [2.75, 3.05) is 45.2 Å². The van der Waals surface area contributed by atoms with Crippen LogP contribution in [-0.2, 0) is 4.79 Å². The van der Waals surface area contributed by atoms with Crippen LogP contribution in [0.25, 0.3) is 6.08 Å². The van der Waals surface area contributed by atoms with Crippen molar-refractivity contribution in [3.63, 3.8) is 0 Å². The number of anilines is 1. The van der Waals surface area contributed by atoms with Gasteiger partial charge in [0.1, 0.15) is 11.4 Å². The average Bonchev–Trinajstić information content (AvgIpc) is 2.80. The van der Waals surface area contributed by atoms with Crippen LogP contribution in [0.4, 0.5) is 11.4 Å². The van der Waals surface area contributed by atoms with Gasteiger partial charge in [0, 0.05) is 32.7 Å². The Kier molecular flexibility index (Phi) is 7.75. The van der Waals surface area contributed by atoms with E-state index in [4.69, 9.17) is 4.74 Å². The highest BCUT2D eigenvalue weighted by Crippen LogP contribution is 2.29. The number of piperazine rings is 1. The molecule has 1 aliphatic rings. The fraction of sp³-hybridized carbons (Fsp3) is 0.348. The summed E-state index contributed by atoms with van der Waals surface area (Å²) in [5.41, 5.74) is 1.17. The van der Waals surface area contributed by atoms with Crippen LogP contribution in [0.1, 0.15) is 12.5 Å².